The number of carbonyl (C=O) groups is 1. The van der Waals surface area contributed by atoms with Gasteiger partial charge in [-0.25, -0.2) is 9.97 Å². The van der Waals surface area contributed by atoms with Crippen LogP contribution in [0.25, 0.3) is 22.2 Å². The van der Waals surface area contributed by atoms with Crippen molar-refractivity contribution >= 4 is 28.4 Å². The van der Waals surface area contributed by atoms with E-state index >= 15 is 0 Å². The fourth-order valence-corrected chi connectivity index (χ4v) is 3.20. The molecule has 1 heterocycles. The van der Waals surface area contributed by atoms with E-state index in [2.05, 4.69) is 28.6 Å². The minimum absolute atomic E-state index is 0.0833. The highest BCUT2D eigenvalue weighted by atomic mass is 16.1. The van der Waals surface area contributed by atoms with Crippen molar-refractivity contribution in [3.63, 3.8) is 0 Å². The average molecular weight is 382 g/mol. The van der Waals surface area contributed by atoms with Crippen molar-refractivity contribution in [1.82, 2.24) is 9.97 Å². The maximum atomic E-state index is 12.4. The van der Waals surface area contributed by atoms with Crippen LogP contribution in [0.5, 0.6) is 0 Å². The van der Waals surface area contributed by atoms with Crippen molar-refractivity contribution in [3.05, 3.63) is 83.9 Å². The van der Waals surface area contributed by atoms with Gasteiger partial charge in [0.25, 0.3) is 0 Å². The molecule has 0 saturated heterocycles. The molecule has 5 heteroatoms. The number of rotatable bonds is 5. The third-order valence-electron chi connectivity index (χ3n) is 4.72. The molecule has 144 valence electrons. The number of nitrogens with one attached hydrogen (secondary N) is 2. The van der Waals surface area contributed by atoms with Gasteiger partial charge in [0.05, 0.1) is 17.8 Å². The molecule has 0 unspecified atom stereocenters. The average Bonchev–Trinajstić information content (AvgIpc) is 2.74. The quantitative estimate of drug-likeness (QED) is 0.512. The summed E-state index contributed by atoms with van der Waals surface area (Å²) in [6, 6.07) is 23.8. The fraction of sp³-hybridized carbons (Fsp3) is 0.125. The van der Waals surface area contributed by atoms with Gasteiger partial charge in [0, 0.05) is 16.6 Å². The zero-order valence-corrected chi connectivity index (χ0v) is 16.4. The molecule has 0 atom stereocenters. The summed E-state index contributed by atoms with van der Waals surface area (Å²) in [5.74, 6) is 0.285. The summed E-state index contributed by atoms with van der Waals surface area (Å²) in [7, 11) is 0. The van der Waals surface area contributed by atoms with Crippen molar-refractivity contribution in [1.29, 1.82) is 0 Å². The predicted molar refractivity (Wildman–Crippen MR) is 118 cm³/mol. The minimum atomic E-state index is -0.145. The van der Waals surface area contributed by atoms with Crippen molar-refractivity contribution in [2.24, 2.45) is 0 Å². The molecule has 0 aliphatic heterocycles. The number of hydrogen-bond donors (Lipinski definition) is 2. The number of hydrogen-bond acceptors (Lipinski definition) is 4. The number of para-hydroxylation sites is 1. The number of carbonyl (C=O) groups excluding carboxylic acids is 1. The van der Waals surface area contributed by atoms with Crippen molar-refractivity contribution in [2.45, 2.75) is 13.8 Å². The highest BCUT2D eigenvalue weighted by Gasteiger charge is 2.11. The molecule has 1 aromatic heterocycles. The Morgan fingerprint density at radius 1 is 0.897 bits per heavy atom. The zero-order chi connectivity index (χ0) is 20.2. The number of nitrogens with zero attached hydrogens (tertiary/aromatic N) is 2. The van der Waals surface area contributed by atoms with Gasteiger partial charge < -0.3 is 10.6 Å². The minimum Gasteiger partial charge on any atom is -0.345 e. The van der Waals surface area contributed by atoms with Gasteiger partial charge in [-0.2, -0.15) is 0 Å². The molecule has 5 nitrogen and oxygen atoms in total. The van der Waals surface area contributed by atoms with E-state index in [-0.39, 0.29) is 12.5 Å². The summed E-state index contributed by atoms with van der Waals surface area (Å²) in [6.45, 7) is 4.10. The van der Waals surface area contributed by atoms with Crippen LogP contribution in [0.4, 0.5) is 11.6 Å². The Balaban J connectivity index is 1.60. The molecule has 1 amide bonds. The second-order valence-corrected chi connectivity index (χ2v) is 7.00. The van der Waals surface area contributed by atoms with Crippen molar-refractivity contribution < 1.29 is 4.79 Å². The van der Waals surface area contributed by atoms with E-state index in [1.807, 2.05) is 73.7 Å². The van der Waals surface area contributed by atoms with E-state index in [1.165, 1.54) is 0 Å². The lowest BCUT2D eigenvalue weighted by atomic mass is 10.0. The van der Waals surface area contributed by atoms with Crippen molar-refractivity contribution in [2.75, 3.05) is 17.2 Å². The molecular weight excluding hydrogens is 360 g/mol. The van der Waals surface area contributed by atoms with Gasteiger partial charge in [0.1, 0.15) is 0 Å². The maximum Gasteiger partial charge on any atom is 0.243 e. The largest absolute Gasteiger partial charge is 0.345 e. The van der Waals surface area contributed by atoms with Crippen molar-refractivity contribution in [3.8, 4) is 11.3 Å². The topological polar surface area (TPSA) is 66.9 Å². The van der Waals surface area contributed by atoms with Gasteiger partial charge in [-0.05, 0) is 37.6 Å². The van der Waals surface area contributed by atoms with E-state index in [0.29, 0.717) is 5.95 Å². The maximum absolute atomic E-state index is 12.4. The number of benzene rings is 3. The summed E-state index contributed by atoms with van der Waals surface area (Å²) in [5.41, 5.74) is 5.67. The Morgan fingerprint density at radius 3 is 2.45 bits per heavy atom. The molecule has 0 bridgehead atoms. The van der Waals surface area contributed by atoms with E-state index in [9.17, 15) is 4.79 Å². The van der Waals surface area contributed by atoms with Crippen LogP contribution in [0.1, 0.15) is 11.1 Å². The number of amides is 1. The van der Waals surface area contributed by atoms with Crippen LogP contribution >= 0.6 is 0 Å². The van der Waals surface area contributed by atoms with Gasteiger partial charge in [0.2, 0.25) is 11.9 Å². The van der Waals surface area contributed by atoms with Gasteiger partial charge in [-0.15, -0.1) is 0 Å². The second-order valence-electron chi connectivity index (χ2n) is 7.00. The zero-order valence-electron chi connectivity index (χ0n) is 16.4. The summed E-state index contributed by atoms with van der Waals surface area (Å²) >= 11 is 0. The lowest BCUT2D eigenvalue weighted by Gasteiger charge is -2.12. The van der Waals surface area contributed by atoms with Crippen LogP contribution in [0.2, 0.25) is 0 Å². The Bertz CT molecular complexity index is 1170. The number of aryl methyl sites for hydroxylation is 2. The molecule has 0 aliphatic rings. The van der Waals surface area contributed by atoms with Gasteiger partial charge in [0.15, 0.2) is 0 Å². The Hall–Kier alpha value is -3.73. The molecule has 29 heavy (non-hydrogen) atoms. The van der Waals surface area contributed by atoms with Gasteiger partial charge >= 0.3 is 0 Å². The predicted octanol–water partition coefficient (Wildman–Crippen LogP) is 4.96. The first-order valence-corrected chi connectivity index (χ1v) is 9.53. The van der Waals surface area contributed by atoms with Crippen LogP contribution in [-0.2, 0) is 4.79 Å². The molecule has 2 N–H and O–H groups in total. The SMILES string of the molecule is Cc1ccc2nc(NCC(=O)Nc3ccccc3C)nc(-c3ccccc3)c2c1. The Labute approximate surface area is 169 Å². The molecule has 0 aliphatic carbocycles. The highest BCUT2D eigenvalue weighted by Crippen LogP contribution is 2.28. The van der Waals surface area contributed by atoms with E-state index < -0.39 is 0 Å². The van der Waals surface area contributed by atoms with Crippen LogP contribution < -0.4 is 10.6 Å². The summed E-state index contributed by atoms with van der Waals surface area (Å²) < 4.78 is 0. The molecule has 4 aromatic rings. The number of anilines is 2. The standard InChI is InChI=1S/C24H22N4O/c1-16-12-13-21-19(14-16)23(18-9-4-3-5-10-18)28-24(27-21)25-15-22(29)26-20-11-7-6-8-17(20)2/h3-14H,15H2,1-2H3,(H,26,29)(H,25,27,28). The molecule has 3 aromatic carbocycles. The molecule has 0 radical (unpaired) electrons. The first kappa shape index (κ1) is 18.6. The van der Waals surface area contributed by atoms with E-state index in [1.54, 1.807) is 0 Å². The van der Waals surface area contributed by atoms with E-state index in [0.717, 1.165) is 39.0 Å². The summed E-state index contributed by atoms with van der Waals surface area (Å²) in [6.07, 6.45) is 0. The number of aromatic nitrogens is 2. The van der Waals surface area contributed by atoms with Crippen LogP contribution in [-0.4, -0.2) is 22.4 Å². The molecular formula is C24H22N4O. The first-order chi connectivity index (χ1) is 14.1. The lowest BCUT2D eigenvalue weighted by molar-refractivity contribution is -0.114. The van der Waals surface area contributed by atoms with E-state index in [4.69, 9.17) is 4.98 Å². The lowest BCUT2D eigenvalue weighted by Crippen LogP contribution is -2.23. The highest BCUT2D eigenvalue weighted by molar-refractivity contribution is 5.95. The third-order valence-corrected chi connectivity index (χ3v) is 4.72. The molecule has 0 spiro atoms. The molecule has 0 fully saturated rings. The van der Waals surface area contributed by atoms with Crippen LogP contribution in [0.15, 0.2) is 72.8 Å². The summed E-state index contributed by atoms with van der Waals surface area (Å²) in [5, 5.41) is 6.97. The van der Waals surface area contributed by atoms with Crippen LogP contribution in [0, 0.1) is 13.8 Å². The Kier molecular flexibility index (Phi) is 5.20. The Morgan fingerprint density at radius 2 is 1.66 bits per heavy atom. The monoisotopic (exact) mass is 382 g/mol. The smallest absolute Gasteiger partial charge is 0.243 e. The van der Waals surface area contributed by atoms with Crippen LogP contribution in [0.3, 0.4) is 0 Å². The second kappa shape index (κ2) is 8.10. The van der Waals surface area contributed by atoms with Gasteiger partial charge in [-0.1, -0.05) is 60.2 Å². The number of fused-ring (bicyclic) bond motifs is 1. The molecule has 4 rings (SSSR count). The van der Waals surface area contributed by atoms with Gasteiger partial charge in [-0.3, -0.25) is 4.79 Å². The fourth-order valence-electron chi connectivity index (χ4n) is 3.20. The third kappa shape index (κ3) is 4.24. The first-order valence-electron chi connectivity index (χ1n) is 9.53. The normalized spacial score (nSPS) is 10.7. The molecule has 0 saturated carbocycles. The summed E-state index contributed by atoms with van der Waals surface area (Å²) in [4.78, 5) is 21.7.